The number of hydrogen-bond acceptors (Lipinski definition) is 4. The number of fused-ring (bicyclic) bond motifs is 2. The fourth-order valence-corrected chi connectivity index (χ4v) is 2.77. The van der Waals surface area contributed by atoms with Crippen molar-refractivity contribution < 1.29 is 9.53 Å². The average molecular weight is 304 g/mol. The third-order valence-electron chi connectivity index (χ3n) is 4.07. The molecule has 22 heavy (non-hydrogen) atoms. The van der Waals surface area contributed by atoms with Crippen molar-refractivity contribution in [3.63, 3.8) is 0 Å². The van der Waals surface area contributed by atoms with Crippen molar-refractivity contribution in [3.05, 3.63) is 33.4 Å². The Morgan fingerprint density at radius 1 is 1.36 bits per heavy atom. The number of nitrogens with one attached hydrogen (secondary N) is 1. The topological polar surface area (TPSA) is 79.7 Å². The summed E-state index contributed by atoms with van der Waals surface area (Å²) in [4.78, 5) is 29.8. The van der Waals surface area contributed by atoms with Crippen molar-refractivity contribution >= 4 is 11.6 Å². The second kappa shape index (κ2) is 5.24. The fraction of sp³-hybridized carbons (Fsp3) is 0.533. The number of aromatic amines is 1. The van der Waals surface area contributed by atoms with E-state index >= 15 is 0 Å². The monoisotopic (exact) mass is 304 g/mol. The van der Waals surface area contributed by atoms with Gasteiger partial charge in [0.05, 0.1) is 30.5 Å². The number of methoxy groups -OCH3 is 1. The first-order chi connectivity index (χ1) is 10.4. The maximum atomic E-state index is 12.6. The van der Waals surface area contributed by atoms with Crippen LogP contribution in [0, 0.1) is 0 Å². The van der Waals surface area contributed by atoms with Gasteiger partial charge in [-0.3, -0.25) is 9.59 Å². The number of aromatic nitrogens is 3. The van der Waals surface area contributed by atoms with Crippen molar-refractivity contribution in [2.24, 2.45) is 0 Å². The van der Waals surface area contributed by atoms with Gasteiger partial charge in [0.15, 0.2) is 0 Å². The molecule has 7 heteroatoms. The van der Waals surface area contributed by atoms with Gasteiger partial charge in [0, 0.05) is 13.2 Å². The molecule has 1 N–H and O–H groups in total. The molecule has 1 aliphatic rings. The highest BCUT2D eigenvalue weighted by molar-refractivity contribution is 5.97. The van der Waals surface area contributed by atoms with Crippen molar-refractivity contribution in [1.29, 1.82) is 0 Å². The van der Waals surface area contributed by atoms with E-state index in [1.165, 1.54) is 4.52 Å². The number of hydrogen-bond donors (Lipinski definition) is 1. The number of nitrogens with zero attached hydrogens (tertiary/aromatic N) is 3. The van der Waals surface area contributed by atoms with E-state index in [-0.39, 0.29) is 23.4 Å². The largest absolute Gasteiger partial charge is 0.383 e. The quantitative estimate of drug-likeness (QED) is 0.918. The predicted octanol–water partition coefficient (Wildman–Crippen LogP) is 1.14. The van der Waals surface area contributed by atoms with E-state index in [0.717, 1.165) is 5.69 Å². The van der Waals surface area contributed by atoms with Crippen LogP contribution < -0.4 is 5.56 Å². The molecule has 0 saturated carbocycles. The molecule has 2 aromatic heterocycles. The minimum absolute atomic E-state index is 0.0868. The summed E-state index contributed by atoms with van der Waals surface area (Å²) in [6.07, 6.45) is 0. The standard InChI is InChI=1S/C15H20N4O3/c1-8(2)11-5-12-16-13-10(14(20)19(12)17-11)6-18(15(13)21)9(3)7-22-4/h5,8-9,16H,6-7H2,1-4H3/t9-/m0/s1. The first-order valence-electron chi connectivity index (χ1n) is 7.38. The summed E-state index contributed by atoms with van der Waals surface area (Å²) in [5, 5.41) is 4.34. The van der Waals surface area contributed by atoms with E-state index in [9.17, 15) is 9.59 Å². The van der Waals surface area contributed by atoms with E-state index in [2.05, 4.69) is 10.1 Å². The number of rotatable bonds is 4. The molecular weight excluding hydrogens is 284 g/mol. The van der Waals surface area contributed by atoms with Crippen LogP contribution in [0.2, 0.25) is 0 Å². The summed E-state index contributed by atoms with van der Waals surface area (Å²) in [6, 6.07) is 1.73. The Kier molecular flexibility index (Phi) is 3.52. The van der Waals surface area contributed by atoms with Gasteiger partial charge in [-0.2, -0.15) is 9.61 Å². The minimum Gasteiger partial charge on any atom is -0.383 e. The summed E-state index contributed by atoms with van der Waals surface area (Å²) in [7, 11) is 1.59. The third-order valence-corrected chi connectivity index (χ3v) is 4.07. The Morgan fingerprint density at radius 3 is 2.73 bits per heavy atom. The van der Waals surface area contributed by atoms with Crippen LogP contribution in [-0.2, 0) is 11.3 Å². The maximum Gasteiger partial charge on any atom is 0.280 e. The van der Waals surface area contributed by atoms with Crippen LogP contribution in [0.4, 0.5) is 0 Å². The van der Waals surface area contributed by atoms with Crippen LogP contribution in [0.5, 0.6) is 0 Å². The predicted molar refractivity (Wildman–Crippen MR) is 81.1 cm³/mol. The van der Waals surface area contributed by atoms with Gasteiger partial charge in [-0.15, -0.1) is 0 Å². The lowest BCUT2D eigenvalue weighted by Crippen LogP contribution is -2.36. The molecule has 1 aliphatic heterocycles. The van der Waals surface area contributed by atoms with Crippen molar-refractivity contribution in [3.8, 4) is 0 Å². The van der Waals surface area contributed by atoms with E-state index in [1.54, 1.807) is 12.0 Å². The SMILES string of the molecule is COC[C@H](C)N1Cc2c([nH]c3cc(C(C)C)nn3c2=O)C1=O. The van der Waals surface area contributed by atoms with Crippen molar-refractivity contribution in [2.75, 3.05) is 13.7 Å². The molecule has 0 bridgehead atoms. The average Bonchev–Trinajstić information content (AvgIpc) is 3.03. The molecule has 0 saturated heterocycles. The number of amides is 1. The molecule has 0 aliphatic carbocycles. The van der Waals surface area contributed by atoms with Crippen molar-refractivity contribution in [2.45, 2.75) is 39.3 Å². The zero-order valence-corrected chi connectivity index (χ0v) is 13.2. The molecule has 1 atom stereocenters. The molecule has 3 rings (SSSR count). The Hall–Kier alpha value is -2.15. The third kappa shape index (κ3) is 2.12. The van der Waals surface area contributed by atoms with Gasteiger partial charge in [0.25, 0.3) is 11.5 Å². The van der Waals surface area contributed by atoms with Gasteiger partial charge in [0.1, 0.15) is 11.3 Å². The number of carbonyl (C=O) groups is 1. The lowest BCUT2D eigenvalue weighted by molar-refractivity contribution is 0.0584. The molecule has 0 unspecified atom stereocenters. The van der Waals surface area contributed by atoms with Gasteiger partial charge in [-0.25, -0.2) is 0 Å². The minimum atomic E-state index is -0.226. The number of ether oxygens (including phenoxy) is 1. The highest BCUT2D eigenvalue weighted by Gasteiger charge is 2.34. The first kappa shape index (κ1) is 14.8. The molecular formula is C15H20N4O3. The first-order valence-corrected chi connectivity index (χ1v) is 7.38. The summed E-state index contributed by atoms with van der Waals surface area (Å²) in [5.41, 5.74) is 2.00. The van der Waals surface area contributed by atoms with E-state index in [1.807, 2.05) is 26.8 Å². The summed E-state index contributed by atoms with van der Waals surface area (Å²) < 4.78 is 6.45. The summed E-state index contributed by atoms with van der Waals surface area (Å²) >= 11 is 0. The highest BCUT2D eigenvalue weighted by atomic mass is 16.5. The molecule has 0 radical (unpaired) electrons. The second-order valence-corrected chi connectivity index (χ2v) is 6.04. The second-order valence-electron chi connectivity index (χ2n) is 6.04. The molecule has 3 heterocycles. The lowest BCUT2D eigenvalue weighted by atomic mass is 10.1. The number of H-pyrrole nitrogens is 1. The van der Waals surface area contributed by atoms with Crippen LogP contribution >= 0.6 is 0 Å². The Labute approximate surface area is 127 Å². The smallest absolute Gasteiger partial charge is 0.280 e. The molecule has 118 valence electrons. The van der Waals surface area contributed by atoms with Crippen LogP contribution in [0.3, 0.4) is 0 Å². The van der Waals surface area contributed by atoms with Crippen molar-refractivity contribution in [1.82, 2.24) is 19.5 Å². The van der Waals surface area contributed by atoms with Gasteiger partial charge in [-0.05, 0) is 12.8 Å². The number of carbonyl (C=O) groups excluding carboxylic acids is 1. The Bertz CT molecular complexity index is 790. The van der Waals surface area contributed by atoms with E-state index in [0.29, 0.717) is 30.1 Å². The van der Waals surface area contributed by atoms with Crippen LogP contribution in [0.1, 0.15) is 48.4 Å². The van der Waals surface area contributed by atoms with Gasteiger partial charge in [-0.1, -0.05) is 13.8 Å². The van der Waals surface area contributed by atoms with Crippen LogP contribution in [-0.4, -0.2) is 45.2 Å². The summed E-state index contributed by atoms with van der Waals surface area (Å²) in [5.74, 6) is 0.0583. The Balaban J connectivity index is 2.08. The maximum absolute atomic E-state index is 12.6. The molecule has 0 fully saturated rings. The summed E-state index contributed by atoms with van der Waals surface area (Å²) in [6.45, 7) is 6.65. The van der Waals surface area contributed by atoms with E-state index in [4.69, 9.17) is 4.74 Å². The highest BCUT2D eigenvalue weighted by Crippen LogP contribution is 2.22. The molecule has 0 aromatic carbocycles. The van der Waals surface area contributed by atoms with Crippen LogP contribution in [0.15, 0.2) is 10.9 Å². The van der Waals surface area contributed by atoms with Gasteiger partial charge in [0.2, 0.25) is 0 Å². The molecule has 1 amide bonds. The molecule has 2 aromatic rings. The normalized spacial score (nSPS) is 15.9. The molecule has 7 nitrogen and oxygen atoms in total. The lowest BCUT2D eigenvalue weighted by Gasteiger charge is -2.22. The van der Waals surface area contributed by atoms with Gasteiger partial charge >= 0.3 is 0 Å². The van der Waals surface area contributed by atoms with Crippen LogP contribution in [0.25, 0.3) is 5.65 Å². The van der Waals surface area contributed by atoms with E-state index < -0.39 is 0 Å². The fourth-order valence-electron chi connectivity index (χ4n) is 2.77. The Morgan fingerprint density at radius 2 is 2.09 bits per heavy atom. The van der Waals surface area contributed by atoms with Gasteiger partial charge < -0.3 is 14.6 Å². The zero-order valence-electron chi connectivity index (χ0n) is 13.2. The zero-order chi connectivity index (χ0) is 16.0. The molecule has 0 spiro atoms.